The second-order valence-corrected chi connectivity index (χ2v) is 7.12. The third-order valence-corrected chi connectivity index (χ3v) is 4.75. The first-order chi connectivity index (χ1) is 15.9. The van der Waals surface area contributed by atoms with Crippen molar-refractivity contribution in [1.82, 2.24) is 10.9 Å². The Bertz CT molecular complexity index is 1180. The maximum absolute atomic E-state index is 12.9. The van der Waals surface area contributed by atoms with Crippen LogP contribution in [0.25, 0.3) is 0 Å². The second kappa shape index (κ2) is 10.9. The van der Waals surface area contributed by atoms with Crippen molar-refractivity contribution in [3.05, 3.63) is 100 Å². The van der Waals surface area contributed by atoms with Gasteiger partial charge in [0.2, 0.25) is 0 Å². The number of methoxy groups -OCH3 is 1. The van der Waals surface area contributed by atoms with E-state index in [-0.39, 0.29) is 22.5 Å². The number of nitrogens with one attached hydrogen (secondary N) is 2. The number of rotatable bonds is 7. The molecule has 0 saturated heterocycles. The third-order valence-electron chi connectivity index (χ3n) is 4.50. The van der Waals surface area contributed by atoms with E-state index in [1.165, 1.54) is 43.5 Å². The number of ketones is 1. The summed E-state index contributed by atoms with van der Waals surface area (Å²) in [5.74, 6) is -1.98. The molecule has 0 atom stereocenters. The van der Waals surface area contributed by atoms with Crippen molar-refractivity contribution >= 4 is 35.2 Å². The number of carbonyl (C=O) groups excluding carboxylic acids is 4. The molecule has 0 saturated carbocycles. The molecule has 33 heavy (non-hydrogen) atoms. The molecule has 0 bridgehead atoms. The highest BCUT2D eigenvalue weighted by atomic mass is 35.5. The zero-order valence-electron chi connectivity index (χ0n) is 17.5. The smallest absolute Gasteiger partial charge is 0.339 e. The lowest BCUT2D eigenvalue weighted by Gasteiger charge is -2.10. The average molecular weight is 467 g/mol. The Balaban J connectivity index is 1.59. The molecule has 0 aliphatic rings. The van der Waals surface area contributed by atoms with Gasteiger partial charge >= 0.3 is 5.97 Å². The molecular weight excluding hydrogens is 448 g/mol. The van der Waals surface area contributed by atoms with Crippen LogP contribution in [0.4, 0.5) is 0 Å². The molecule has 0 spiro atoms. The van der Waals surface area contributed by atoms with Crippen LogP contribution < -0.4 is 15.6 Å². The van der Waals surface area contributed by atoms with Gasteiger partial charge in [-0.05, 0) is 54.6 Å². The normalized spacial score (nSPS) is 10.1. The molecule has 2 amide bonds. The standard InChI is InChI=1S/C24H19ClN2O6/c1-32-18-12-8-15(9-13-18)22(29)19-4-2-3-5-20(19)24(31)33-14-21(28)26-27-23(30)16-6-10-17(25)11-7-16/h2-13H,14H2,1H3,(H,26,28)(H,27,30). The van der Waals surface area contributed by atoms with Gasteiger partial charge in [-0.2, -0.15) is 0 Å². The zero-order valence-corrected chi connectivity index (χ0v) is 18.2. The van der Waals surface area contributed by atoms with E-state index < -0.39 is 24.4 Å². The molecule has 8 nitrogen and oxygen atoms in total. The van der Waals surface area contributed by atoms with Gasteiger partial charge in [0.1, 0.15) is 5.75 Å². The number of hydrazine groups is 1. The van der Waals surface area contributed by atoms with E-state index in [4.69, 9.17) is 21.1 Å². The van der Waals surface area contributed by atoms with Gasteiger partial charge in [0.05, 0.1) is 12.7 Å². The van der Waals surface area contributed by atoms with Gasteiger partial charge in [0.25, 0.3) is 11.8 Å². The van der Waals surface area contributed by atoms with Gasteiger partial charge in [0, 0.05) is 21.7 Å². The van der Waals surface area contributed by atoms with Crippen LogP contribution in [0.1, 0.15) is 36.6 Å². The maximum Gasteiger partial charge on any atom is 0.339 e. The number of halogens is 1. The largest absolute Gasteiger partial charge is 0.497 e. The van der Waals surface area contributed by atoms with E-state index >= 15 is 0 Å². The van der Waals surface area contributed by atoms with Crippen molar-refractivity contribution in [1.29, 1.82) is 0 Å². The quantitative estimate of drug-likeness (QED) is 0.314. The number of esters is 1. The Hall–Kier alpha value is -4.17. The van der Waals surface area contributed by atoms with Crippen LogP contribution in [0.15, 0.2) is 72.8 Å². The van der Waals surface area contributed by atoms with Gasteiger partial charge in [-0.15, -0.1) is 0 Å². The van der Waals surface area contributed by atoms with Crippen molar-refractivity contribution in [2.75, 3.05) is 13.7 Å². The fourth-order valence-corrected chi connectivity index (χ4v) is 2.93. The minimum absolute atomic E-state index is 0.0105. The Morgan fingerprint density at radius 1 is 0.788 bits per heavy atom. The van der Waals surface area contributed by atoms with Crippen molar-refractivity contribution in [3.8, 4) is 5.75 Å². The molecule has 2 N–H and O–H groups in total. The number of amides is 2. The molecule has 0 fully saturated rings. The first-order valence-electron chi connectivity index (χ1n) is 9.68. The number of carbonyl (C=O) groups is 4. The molecule has 0 aliphatic carbocycles. The molecule has 3 aromatic carbocycles. The van der Waals surface area contributed by atoms with Crippen LogP contribution in [0.3, 0.4) is 0 Å². The van der Waals surface area contributed by atoms with Crippen molar-refractivity contribution in [2.24, 2.45) is 0 Å². The van der Waals surface area contributed by atoms with E-state index in [9.17, 15) is 19.2 Å². The van der Waals surface area contributed by atoms with Crippen LogP contribution in [-0.2, 0) is 9.53 Å². The number of hydrogen-bond donors (Lipinski definition) is 2. The third kappa shape index (κ3) is 6.18. The maximum atomic E-state index is 12.9. The summed E-state index contributed by atoms with van der Waals surface area (Å²) in [5.41, 5.74) is 5.13. The monoisotopic (exact) mass is 466 g/mol. The Morgan fingerprint density at radius 3 is 2.03 bits per heavy atom. The SMILES string of the molecule is COc1ccc(C(=O)c2ccccc2C(=O)OCC(=O)NNC(=O)c2ccc(Cl)cc2)cc1. The van der Waals surface area contributed by atoms with E-state index in [0.717, 1.165) is 0 Å². The Labute approximate surface area is 194 Å². The Morgan fingerprint density at radius 2 is 1.39 bits per heavy atom. The van der Waals surface area contributed by atoms with Gasteiger partial charge < -0.3 is 9.47 Å². The molecule has 0 aliphatic heterocycles. The number of ether oxygens (including phenoxy) is 2. The van der Waals surface area contributed by atoms with Crippen LogP contribution in [-0.4, -0.2) is 37.3 Å². The average Bonchev–Trinajstić information content (AvgIpc) is 2.85. The summed E-state index contributed by atoms with van der Waals surface area (Å²) >= 11 is 5.77. The van der Waals surface area contributed by atoms with E-state index in [1.54, 1.807) is 36.4 Å². The summed E-state index contributed by atoms with van der Waals surface area (Å²) in [7, 11) is 1.52. The van der Waals surface area contributed by atoms with Crippen LogP contribution in [0, 0.1) is 0 Å². The summed E-state index contributed by atoms with van der Waals surface area (Å²) in [4.78, 5) is 49.3. The van der Waals surface area contributed by atoms with Gasteiger partial charge in [-0.1, -0.05) is 29.8 Å². The van der Waals surface area contributed by atoms with Crippen molar-refractivity contribution in [3.63, 3.8) is 0 Å². The van der Waals surface area contributed by atoms with Crippen LogP contribution in [0.5, 0.6) is 5.75 Å². The molecule has 168 valence electrons. The summed E-state index contributed by atoms with van der Waals surface area (Å²) in [6, 6.07) is 18.6. The highest BCUT2D eigenvalue weighted by Gasteiger charge is 2.20. The predicted molar refractivity (Wildman–Crippen MR) is 120 cm³/mol. The molecule has 3 aromatic rings. The zero-order chi connectivity index (χ0) is 23.8. The minimum Gasteiger partial charge on any atom is -0.497 e. The van der Waals surface area contributed by atoms with Gasteiger partial charge in [-0.3, -0.25) is 25.2 Å². The van der Waals surface area contributed by atoms with Crippen LogP contribution >= 0.6 is 11.6 Å². The van der Waals surface area contributed by atoms with Crippen LogP contribution in [0.2, 0.25) is 5.02 Å². The molecule has 0 radical (unpaired) electrons. The van der Waals surface area contributed by atoms with Gasteiger partial charge in [-0.25, -0.2) is 4.79 Å². The highest BCUT2D eigenvalue weighted by Crippen LogP contribution is 2.18. The van der Waals surface area contributed by atoms with Gasteiger partial charge in [0.15, 0.2) is 12.4 Å². The highest BCUT2D eigenvalue weighted by molar-refractivity contribution is 6.30. The summed E-state index contributed by atoms with van der Waals surface area (Å²) < 4.78 is 10.1. The lowest BCUT2D eigenvalue weighted by molar-refractivity contribution is -0.125. The first kappa shape index (κ1) is 23.5. The number of benzene rings is 3. The summed E-state index contributed by atoms with van der Waals surface area (Å²) in [6.07, 6.45) is 0. The summed E-state index contributed by atoms with van der Waals surface area (Å²) in [5, 5.41) is 0.466. The topological polar surface area (TPSA) is 111 Å². The molecule has 9 heteroatoms. The molecule has 0 aromatic heterocycles. The predicted octanol–water partition coefficient (Wildman–Crippen LogP) is 3.20. The van der Waals surface area contributed by atoms with E-state index in [0.29, 0.717) is 16.3 Å². The number of hydrogen-bond acceptors (Lipinski definition) is 6. The van der Waals surface area contributed by atoms with E-state index in [2.05, 4.69) is 10.9 Å². The minimum atomic E-state index is -0.855. The van der Waals surface area contributed by atoms with Crippen molar-refractivity contribution in [2.45, 2.75) is 0 Å². The molecule has 3 rings (SSSR count). The van der Waals surface area contributed by atoms with Crippen molar-refractivity contribution < 1.29 is 28.7 Å². The Kier molecular flexibility index (Phi) is 7.77. The fraction of sp³-hybridized carbons (Fsp3) is 0.0833. The van der Waals surface area contributed by atoms with E-state index in [1.807, 2.05) is 0 Å². The molecule has 0 unspecified atom stereocenters. The lowest BCUT2D eigenvalue weighted by atomic mass is 9.98. The summed E-state index contributed by atoms with van der Waals surface area (Å²) in [6.45, 7) is -0.662. The lowest BCUT2D eigenvalue weighted by Crippen LogP contribution is -2.43. The molecule has 0 heterocycles. The molecular formula is C24H19ClN2O6. The second-order valence-electron chi connectivity index (χ2n) is 6.69. The fourth-order valence-electron chi connectivity index (χ4n) is 2.80. The first-order valence-corrected chi connectivity index (χ1v) is 10.1.